The van der Waals surface area contributed by atoms with Gasteiger partial charge < -0.3 is 4.74 Å². The molecule has 0 aromatic heterocycles. The minimum absolute atomic E-state index is 0.0416. The average Bonchev–Trinajstić information content (AvgIpc) is 3.11. The highest BCUT2D eigenvalue weighted by atomic mass is 19.2. The Labute approximate surface area is 286 Å². The number of halogens is 4. The van der Waals surface area contributed by atoms with Crippen LogP contribution in [-0.2, 0) is 0 Å². The van der Waals surface area contributed by atoms with Gasteiger partial charge in [0.25, 0.3) is 0 Å². The second kappa shape index (κ2) is 18.1. The monoisotopic (exact) mass is 662 g/mol. The molecule has 0 spiro atoms. The first-order valence-corrected chi connectivity index (χ1v) is 18.7. The summed E-state index contributed by atoms with van der Waals surface area (Å²) in [5.41, 5.74) is 1.70. The Balaban J connectivity index is 1.16. The number of allylic oxidation sites excluding steroid dienone is 2. The van der Waals surface area contributed by atoms with E-state index < -0.39 is 23.3 Å². The van der Waals surface area contributed by atoms with Crippen molar-refractivity contribution in [2.45, 2.75) is 122 Å². The van der Waals surface area contributed by atoms with Crippen molar-refractivity contribution in [1.29, 1.82) is 0 Å². The zero-order valence-electron chi connectivity index (χ0n) is 29.0. The molecule has 48 heavy (non-hydrogen) atoms. The molecule has 5 heteroatoms. The largest absolute Gasteiger partial charge is 0.490 e. The molecule has 0 atom stereocenters. The zero-order chi connectivity index (χ0) is 33.9. The Kier molecular flexibility index (Phi) is 13.6. The van der Waals surface area contributed by atoms with Crippen LogP contribution in [0.25, 0.3) is 22.3 Å². The Bertz CT molecular complexity index is 1460. The van der Waals surface area contributed by atoms with Crippen LogP contribution < -0.4 is 4.74 Å². The van der Waals surface area contributed by atoms with Crippen LogP contribution in [0.15, 0.2) is 60.7 Å². The zero-order valence-corrected chi connectivity index (χ0v) is 29.0. The van der Waals surface area contributed by atoms with Crippen LogP contribution in [0.2, 0.25) is 0 Å². The lowest BCUT2D eigenvalue weighted by molar-refractivity contribution is 0.156. The first-order chi connectivity index (χ1) is 23.4. The highest BCUT2D eigenvalue weighted by molar-refractivity contribution is 5.72. The van der Waals surface area contributed by atoms with Gasteiger partial charge in [-0.25, -0.2) is 13.2 Å². The lowest BCUT2D eigenvalue weighted by Gasteiger charge is -2.38. The fourth-order valence-corrected chi connectivity index (χ4v) is 8.21. The van der Waals surface area contributed by atoms with E-state index in [2.05, 4.69) is 26.0 Å². The van der Waals surface area contributed by atoms with Crippen LogP contribution in [0.4, 0.5) is 17.6 Å². The highest BCUT2D eigenvalue weighted by Crippen LogP contribution is 2.45. The summed E-state index contributed by atoms with van der Waals surface area (Å²) in [4.78, 5) is 0. The molecule has 1 nitrogen and oxygen atoms in total. The number of hydrogen-bond acceptors (Lipinski definition) is 1. The van der Waals surface area contributed by atoms with Gasteiger partial charge in [-0.3, -0.25) is 0 Å². The molecule has 0 unspecified atom stereocenters. The SMILES string of the molecule is C/C=C/CCC1CCC(C2CCC(c3ccc(-c4ccc(-c5ccc(OCCCCCCCC)c(F)c5F)cc4)c(F)c3F)CC2)CC1. The lowest BCUT2D eigenvalue weighted by atomic mass is 9.68. The molecule has 3 aromatic carbocycles. The molecule has 260 valence electrons. The van der Waals surface area contributed by atoms with Gasteiger partial charge in [-0.15, -0.1) is 0 Å². The molecule has 0 N–H and O–H groups in total. The first-order valence-electron chi connectivity index (χ1n) is 18.7. The topological polar surface area (TPSA) is 9.23 Å². The molecule has 0 amide bonds. The number of ether oxygens (including phenoxy) is 1. The molecule has 0 bridgehead atoms. The maximum absolute atomic E-state index is 15.5. The van der Waals surface area contributed by atoms with Crippen molar-refractivity contribution in [3.8, 4) is 28.0 Å². The van der Waals surface area contributed by atoms with E-state index in [0.29, 0.717) is 29.2 Å². The van der Waals surface area contributed by atoms with Gasteiger partial charge in [0, 0.05) is 11.1 Å². The standard InChI is InChI=1S/C43H54F4O/c1-3-5-7-8-9-11-29-48-39-28-27-38(42(46)43(39)47)35-23-21-34(22-24-35)37-26-25-36(40(44)41(37)45)33-19-17-32(18-20-33)31-15-13-30(14-16-31)12-10-6-4-2/h4,6,21-28,30-33H,3,5,7-20,29H2,1-2H3/b6-4+. The molecule has 0 heterocycles. The summed E-state index contributed by atoms with van der Waals surface area (Å²) in [7, 11) is 0. The quantitative estimate of drug-likeness (QED) is 0.0894. The predicted molar refractivity (Wildman–Crippen MR) is 190 cm³/mol. The van der Waals surface area contributed by atoms with E-state index >= 15 is 13.2 Å². The van der Waals surface area contributed by atoms with Crippen LogP contribution in [0.5, 0.6) is 5.75 Å². The van der Waals surface area contributed by atoms with E-state index in [1.807, 2.05) is 0 Å². The number of benzene rings is 3. The van der Waals surface area contributed by atoms with Crippen molar-refractivity contribution in [2.75, 3.05) is 6.61 Å². The molecule has 2 aliphatic rings. The van der Waals surface area contributed by atoms with Crippen LogP contribution in [0, 0.1) is 41.0 Å². The van der Waals surface area contributed by atoms with Crippen molar-refractivity contribution in [2.24, 2.45) is 17.8 Å². The fourth-order valence-electron chi connectivity index (χ4n) is 8.21. The van der Waals surface area contributed by atoms with E-state index in [1.54, 1.807) is 36.4 Å². The minimum atomic E-state index is -1.01. The molecule has 0 aliphatic heterocycles. The van der Waals surface area contributed by atoms with E-state index in [1.165, 1.54) is 69.9 Å². The molecule has 0 saturated heterocycles. The Morgan fingerprint density at radius 1 is 0.625 bits per heavy atom. The summed E-state index contributed by atoms with van der Waals surface area (Å²) in [6.45, 7) is 4.60. The maximum atomic E-state index is 15.5. The predicted octanol–water partition coefficient (Wildman–Crippen LogP) is 13.8. The molecule has 0 radical (unpaired) electrons. The van der Waals surface area contributed by atoms with Gasteiger partial charge in [-0.2, -0.15) is 4.39 Å². The van der Waals surface area contributed by atoms with E-state index in [4.69, 9.17) is 4.74 Å². The second-order valence-electron chi connectivity index (χ2n) is 14.3. The Morgan fingerprint density at radius 2 is 1.19 bits per heavy atom. The Morgan fingerprint density at radius 3 is 1.81 bits per heavy atom. The first kappa shape index (κ1) is 36.2. The maximum Gasteiger partial charge on any atom is 0.201 e. The Hall–Kier alpha value is -3.08. The van der Waals surface area contributed by atoms with Gasteiger partial charge in [0.2, 0.25) is 5.82 Å². The molecule has 2 aliphatic carbocycles. The second-order valence-corrected chi connectivity index (χ2v) is 14.3. The summed E-state index contributed by atoms with van der Waals surface area (Å²) in [6.07, 6.45) is 22.7. The summed E-state index contributed by atoms with van der Waals surface area (Å²) in [6, 6.07) is 12.9. The van der Waals surface area contributed by atoms with Gasteiger partial charge in [-0.1, -0.05) is 100 Å². The average molecular weight is 663 g/mol. The van der Waals surface area contributed by atoms with Crippen LogP contribution in [0.3, 0.4) is 0 Å². The fraction of sp³-hybridized carbons (Fsp3) is 0.535. The smallest absolute Gasteiger partial charge is 0.201 e. The van der Waals surface area contributed by atoms with Crippen molar-refractivity contribution >= 4 is 0 Å². The number of unbranched alkanes of at least 4 members (excludes halogenated alkanes) is 5. The van der Waals surface area contributed by atoms with E-state index in [9.17, 15) is 4.39 Å². The van der Waals surface area contributed by atoms with Gasteiger partial charge in [0.15, 0.2) is 23.2 Å². The van der Waals surface area contributed by atoms with Crippen molar-refractivity contribution in [1.82, 2.24) is 0 Å². The van der Waals surface area contributed by atoms with Crippen molar-refractivity contribution in [3.05, 3.63) is 89.5 Å². The van der Waals surface area contributed by atoms with Crippen LogP contribution in [0.1, 0.15) is 128 Å². The van der Waals surface area contributed by atoms with Crippen molar-refractivity contribution < 1.29 is 22.3 Å². The number of rotatable bonds is 15. The molecular formula is C43H54F4O. The summed E-state index contributed by atoms with van der Waals surface area (Å²) < 4.78 is 66.5. The molecule has 2 fully saturated rings. The third-order valence-electron chi connectivity index (χ3n) is 11.2. The van der Waals surface area contributed by atoms with Gasteiger partial charge in [0.1, 0.15) is 0 Å². The van der Waals surface area contributed by atoms with E-state index in [-0.39, 0.29) is 22.8 Å². The van der Waals surface area contributed by atoms with Crippen LogP contribution in [-0.4, -0.2) is 6.61 Å². The van der Waals surface area contributed by atoms with Crippen LogP contribution >= 0.6 is 0 Å². The molecule has 3 aromatic rings. The normalized spacial score (nSPS) is 21.5. The van der Waals surface area contributed by atoms with Gasteiger partial charge >= 0.3 is 0 Å². The molecular weight excluding hydrogens is 608 g/mol. The lowest BCUT2D eigenvalue weighted by Crippen LogP contribution is -2.25. The third-order valence-corrected chi connectivity index (χ3v) is 11.2. The third kappa shape index (κ3) is 9.12. The van der Waals surface area contributed by atoms with E-state index in [0.717, 1.165) is 56.8 Å². The number of hydrogen-bond donors (Lipinski definition) is 0. The highest BCUT2D eigenvalue weighted by Gasteiger charge is 2.32. The summed E-state index contributed by atoms with van der Waals surface area (Å²) in [5, 5.41) is 0. The molecule has 2 saturated carbocycles. The summed E-state index contributed by atoms with van der Waals surface area (Å²) >= 11 is 0. The van der Waals surface area contributed by atoms with Gasteiger partial charge in [0.05, 0.1) is 6.61 Å². The molecule has 5 rings (SSSR count). The minimum Gasteiger partial charge on any atom is -0.490 e. The van der Waals surface area contributed by atoms with Crippen molar-refractivity contribution in [3.63, 3.8) is 0 Å². The summed E-state index contributed by atoms with van der Waals surface area (Å²) in [5.74, 6) is -1.30. The van der Waals surface area contributed by atoms with Gasteiger partial charge in [-0.05, 0) is 117 Å².